The van der Waals surface area contributed by atoms with E-state index in [4.69, 9.17) is 16.3 Å². The van der Waals surface area contributed by atoms with Gasteiger partial charge in [-0.1, -0.05) is 23.7 Å². The third-order valence-corrected chi connectivity index (χ3v) is 4.64. The maximum Gasteiger partial charge on any atom is 0.267 e. The molecular weight excluding hydrogens is 366 g/mol. The molecule has 2 amide bonds. The first kappa shape index (κ1) is 19.2. The van der Waals surface area contributed by atoms with Crippen LogP contribution in [0.15, 0.2) is 42.5 Å². The van der Waals surface area contributed by atoms with Crippen LogP contribution in [-0.4, -0.2) is 50.0 Å². The van der Waals surface area contributed by atoms with E-state index in [0.717, 1.165) is 0 Å². The lowest BCUT2D eigenvalue weighted by atomic mass is 10.1. The van der Waals surface area contributed by atoms with E-state index in [0.29, 0.717) is 40.8 Å². The molecule has 0 bridgehead atoms. The number of rotatable bonds is 5. The Bertz CT molecular complexity index is 869. The van der Waals surface area contributed by atoms with Crippen LogP contribution < -0.4 is 15.0 Å². The number of hydrogen-bond donors (Lipinski definition) is 1. The molecule has 6 nitrogen and oxygen atoms in total. The Labute approximate surface area is 163 Å². The van der Waals surface area contributed by atoms with Crippen molar-refractivity contribution in [2.45, 2.75) is 13.0 Å². The first-order chi connectivity index (χ1) is 12.9. The number of nitrogens with one attached hydrogen (secondary N) is 1. The van der Waals surface area contributed by atoms with Crippen molar-refractivity contribution < 1.29 is 14.3 Å². The van der Waals surface area contributed by atoms with E-state index in [2.05, 4.69) is 5.32 Å². The number of ether oxygens (including phenoxy) is 1. The zero-order valence-corrected chi connectivity index (χ0v) is 16.3. The second kappa shape index (κ2) is 7.98. The topological polar surface area (TPSA) is 61.9 Å². The van der Waals surface area contributed by atoms with E-state index in [1.165, 1.54) is 0 Å². The minimum Gasteiger partial charge on any atom is -0.479 e. The predicted molar refractivity (Wildman–Crippen MR) is 107 cm³/mol. The van der Waals surface area contributed by atoms with E-state index in [1.807, 2.05) is 19.0 Å². The fourth-order valence-corrected chi connectivity index (χ4v) is 3.08. The molecule has 3 rings (SSSR count). The summed E-state index contributed by atoms with van der Waals surface area (Å²) in [5.74, 6) is 0.215. The first-order valence-electron chi connectivity index (χ1n) is 8.69. The molecule has 0 radical (unpaired) electrons. The van der Waals surface area contributed by atoms with Crippen molar-refractivity contribution in [1.29, 1.82) is 0 Å². The van der Waals surface area contributed by atoms with Gasteiger partial charge in [0.25, 0.3) is 11.8 Å². The summed E-state index contributed by atoms with van der Waals surface area (Å²) < 4.78 is 5.71. The summed E-state index contributed by atoms with van der Waals surface area (Å²) in [5, 5.41) is 3.22. The SMILES string of the molecule is CC1Oc2ccc(NC(=O)c3ccccc3Cl)cc2N(CCN(C)C)C1=O. The van der Waals surface area contributed by atoms with E-state index in [1.54, 1.807) is 54.3 Å². The minimum atomic E-state index is -0.539. The molecule has 1 unspecified atom stereocenters. The number of carbonyl (C=O) groups excluding carboxylic acids is 2. The number of likely N-dealkylation sites (N-methyl/N-ethyl adjacent to an activating group) is 1. The lowest BCUT2D eigenvalue weighted by Crippen LogP contribution is -2.46. The summed E-state index contributed by atoms with van der Waals surface area (Å²) in [6, 6.07) is 12.1. The molecule has 0 saturated carbocycles. The Balaban J connectivity index is 1.87. The highest BCUT2D eigenvalue weighted by Crippen LogP contribution is 2.36. The number of anilines is 2. The van der Waals surface area contributed by atoms with Crippen LogP contribution in [0.25, 0.3) is 0 Å². The highest BCUT2D eigenvalue weighted by Gasteiger charge is 2.31. The summed E-state index contributed by atoms with van der Waals surface area (Å²) >= 11 is 6.09. The maximum absolute atomic E-state index is 12.6. The molecular formula is C20H22ClN3O3. The Morgan fingerprint density at radius 3 is 2.70 bits per heavy atom. The van der Waals surface area contributed by atoms with Crippen molar-refractivity contribution in [2.24, 2.45) is 0 Å². The minimum absolute atomic E-state index is 0.0982. The fraction of sp³-hybridized carbons (Fsp3) is 0.300. The van der Waals surface area contributed by atoms with Crippen LogP contribution in [0, 0.1) is 0 Å². The van der Waals surface area contributed by atoms with Crippen LogP contribution in [0.4, 0.5) is 11.4 Å². The number of benzene rings is 2. The average Bonchev–Trinajstić information content (AvgIpc) is 2.62. The van der Waals surface area contributed by atoms with Gasteiger partial charge in [-0.2, -0.15) is 0 Å². The van der Waals surface area contributed by atoms with Crippen molar-refractivity contribution in [3.8, 4) is 5.75 Å². The number of amides is 2. The monoisotopic (exact) mass is 387 g/mol. The van der Waals surface area contributed by atoms with Crippen LogP contribution in [0.1, 0.15) is 17.3 Å². The average molecular weight is 388 g/mol. The van der Waals surface area contributed by atoms with E-state index >= 15 is 0 Å². The summed E-state index contributed by atoms with van der Waals surface area (Å²) in [4.78, 5) is 28.8. The lowest BCUT2D eigenvalue weighted by Gasteiger charge is -2.34. The van der Waals surface area contributed by atoms with Crippen molar-refractivity contribution in [2.75, 3.05) is 37.4 Å². The van der Waals surface area contributed by atoms with Crippen molar-refractivity contribution in [1.82, 2.24) is 4.90 Å². The number of fused-ring (bicyclic) bond motifs is 1. The molecule has 27 heavy (non-hydrogen) atoms. The highest BCUT2D eigenvalue weighted by molar-refractivity contribution is 6.34. The van der Waals surface area contributed by atoms with Gasteiger partial charge in [-0.25, -0.2) is 0 Å². The van der Waals surface area contributed by atoms with Gasteiger partial charge in [0.15, 0.2) is 6.10 Å². The highest BCUT2D eigenvalue weighted by atomic mass is 35.5. The predicted octanol–water partition coefficient (Wildman–Crippen LogP) is 3.27. The quantitative estimate of drug-likeness (QED) is 0.855. The van der Waals surface area contributed by atoms with Gasteiger partial charge in [0.05, 0.1) is 16.3 Å². The summed E-state index contributed by atoms with van der Waals surface area (Å²) in [6.45, 7) is 2.99. The van der Waals surface area contributed by atoms with Gasteiger partial charge in [0.2, 0.25) is 0 Å². The summed E-state index contributed by atoms with van der Waals surface area (Å²) in [7, 11) is 3.91. The molecule has 1 aliphatic heterocycles. The summed E-state index contributed by atoms with van der Waals surface area (Å²) in [6.07, 6.45) is -0.539. The van der Waals surface area contributed by atoms with Crippen LogP contribution in [0.2, 0.25) is 5.02 Å². The van der Waals surface area contributed by atoms with Gasteiger partial charge >= 0.3 is 0 Å². The number of hydrogen-bond acceptors (Lipinski definition) is 4. The molecule has 1 heterocycles. The van der Waals surface area contributed by atoms with E-state index in [-0.39, 0.29) is 11.8 Å². The van der Waals surface area contributed by atoms with Crippen LogP contribution >= 0.6 is 11.6 Å². The lowest BCUT2D eigenvalue weighted by molar-refractivity contribution is -0.125. The molecule has 1 N–H and O–H groups in total. The molecule has 1 atom stereocenters. The van der Waals surface area contributed by atoms with Crippen LogP contribution in [0.3, 0.4) is 0 Å². The molecule has 2 aromatic rings. The molecule has 0 fully saturated rings. The zero-order chi connectivity index (χ0) is 19.6. The van der Waals surface area contributed by atoms with Crippen molar-refractivity contribution in [3.63, 3.8) is 0 Å². The fourth-order valence-electron chi connectivity index (χ4n) is 2.86. The number of halogens is 1. The largest absolute Gasteiger partial charge is 0.479 e. The molecule has 0 spiro atoms. The third kappa shape index (κ3) is 4.23. The van der Waals surface area contributed by atoms with Gasteiger partial charge in [-0.05, 0) is 51.4 Å². The molecule has 2 aromatic carbocycles. The van der Waals surface area contributed by atoms with Gasteiger partial charge < -0.3 is 19.9 Å². The third-order valence-electron chi connectivity index (χ3n) is 4.31. The maximum atomic E-state index is 12.6. The van der Waals surface area contributed by atoms with Gasteiger partial charge in [-0.15, -0.1) is 0 Å². The number of carbonyl (C=O) groups is 2. The van der Waals surface area contributed by atoms with Crippen molar-refractivity contribution in [3.05, 3.63) is 53.1 Å². The summed E-state index contributed by atoms with van der Waals surface area (Å²) in [5.41, 5.74) is 1.61. The van der Waals surface area contributed by atoms with Crippen LogP contribution in [-0.2, 0) is 4.79 Å². The molecule has 1 aliphatic rings. The van der Waals surface area contributed by atoms with E-state index in [9.17, 15) is 9.59 Å². The van der Waals surface area contributed by atoms with Crippen molar-refractivity contribution >= 4 is 34.8 Å². The second-order valence-corrected chi connectivity index (χ2v) is 7.08. The molecule has 0 saturated heterocycles. The number of nitrogens with zero attached hydrogens (tertiary/aromatic N) is 2. The molecule has 0 aliphatic carbocycles. The molecule has 142 valence electrons. The Morgan fingerprint density at radius 1 is 1.26 bits per heavy atom. The Hall–Kier alpha value is -2.57. The van der Waals surface area contributed by atoms with Gasteiger partial charge in [0, 0.05) is 18.8 Å². The normalized spacial score (nSPS) is 16.1. The zero-order valence-electron chi connectivity index (χ0n) is 15.5. The molecule has 7 heteroatoms. The van der Waals surface area contributed by atoms with Crippen LogP contribution in [0.5, 0.6) is 5.75 Å². The first-order valence-corrected chi connectivity index (χ1v) is 9.07. The second-order valence-electron chi connectivity index (χ2n) is 6.67. The van der Waals surface area contributed by atoms with Gasteiger partial charge in [-0.3, -0.25) is 9.59 Å². The standard InChI is InChI=1S/C20H22ClN3O3/c1-13-20(26)24(11-10-23(2)3)17-12-14(8-9-18(17)27-13)22-19(25)15-6-4-5-7-16(15)21/h4-9,12-13H,10-11H2,1-3H3,(H,22,25). The molecule has 0 aromatic heterocycles. The Morgan fingerprint density at radius 2 is 2.00 bits per heavy atom. The smallest absolute Gasteiger partial charge is 0.267 e. The van der Waals surface area contributed by atoms with Gasteiger partial charge in [0.1, 0.15) is 5.75 Å². The van der Waals surface area contributed by atoms with E-state index < -0.39 is 6.10 Å². The Kier molecular flexibility index (Phi) is 5.68.